The van der Waals surface area contributed by atoms with Crippen molar-refractivity contribution in [3.05, 3.63) is 52.8 Å². The van der Waals surface area contributed by atoms with Gasteiger partial charge in [-0.2, -0.15) is 0 Å². The number of imidazole rings is 1. The Hall–Kier alpha value is -1.39. The van der Waals surface area contributed by atoms with Crippen LogP contribution in [-0.4, -0.2) is 9.55 Å². The molecule has 0 saturated heterocycles. The van der Waals surface area contributed by atoms with Gasteiger partial charge in [-0.05, 0) is 23.8 Å². The smallest absolute Gasteiger partial charge is 0.130 e. The van der Waals surface area contributed by atoms with Gasteiger partial charge in [-0.15, -0.1) is 0 Å². The van der Waals surface area contributed by atoms with Crippen LogP contribution in [0.3, 0.4) is 0 Å². The number of nitrogens with two attached hydrogens (primary N) is 1. The summed E-state index contributed by atoms with van der Waals surface area (Å²) in [6.45, 7) is 0. The Morgan fingerprint density at radius 2 is 2.25 bits per heavy atom. The molecule has 0 bridgehead atoms. The Morgan fingerprint density at radius 3 is 2.88 bits per heavy atom. The fourth-order valence-electron chi connectivity index (χ4n) is 1.57. The Balaban J connectivity index is 2.45. The van der Waals surface area contributed by atoms with Crippen molar-refractivity contribution in [3.8, 4) is 0 Å². The Morgan fingerprint density at radius 1 is 1.50 bits per heavy atom. The number of aromatic nitrogens is 2. The molecule has 3 nitrogen and oxygen atoms in total. The maximum atomic E-state index is 13.1. The third-order valence-electron chi connectivity index (χ3n) is 2.43. The molecule has 0 aliphatic rings. The highest BCUT2D eigenvalue weighted by Crippen LogP contribution is 2.26. The topological polar surface area (TPSA) is 43.8 Å². The zero-order valence-electron chi connectivity index (χ0n) is 8.69. The van der Waals surface area contributed by atoms with E-state index in [1.54, 1.807) is 17.0 Å². The van der Waals surface area contributed by atoms with Crippen molar-refractivity contribution < 1.29 is 4.39 Å². The summed E-state index contributed by atoms with van der Waals surface area (Å²) in [5, 5.41) is 0.442. The summed E-state index contributed by atoms with van der Waals surface area (Å²) in [7, 11) is 1.83. The van der Waals surface area contributed by atoms with Crippen molar-refractivity contribution in [3.63, 3.8) is 0 Å². The van der Waals surface area contributed by atoms with Crippen molar-refractivity contribution in [2.45, 2.75) is 6.04 Å². The molecule has 1 unspecified atom stereocenters. The van der Waals surface area contributed by atoms with E-state index in [1.807, 2.05) is 7.05 Å². The monoisotopic (exact) mass is 239 g/mol. The minimum atomic E-state index is -0.525. The predicted octanol–water partition coefficient (Wildman–Crippen LogP) is 2.26. The number of hydrogen-bond donors (Lipinski definition) is 1. The van der Waals surface area contributed by atoms with Crippen molar-refractivity contribution >= 4 is 11.6 Å². The van der Waals surface area contributed by atoms with Crippen LogP contribution in [0.15, 0.2) is 30.6 Å². The number of aryl methyl sites for hydroxylation is 1. The number of rotatable bonds is 2. The van der Waals surface area contributed by atoms with E-state index in [0.29, 0.717) is 16.4 Å². The number of hydrogen-bond acceptors (Lipinski definition) is 2. The molecule has 0 radical (unpaired) electrons. The first-order chi connectivity index (χ1) is 7.59. The van der Waals surface area contributed by atoms with Crippen LogP contribution in [0.1, 0.15) is 17.4 Å². The van der Waals surface area contributed by atoms with Gasteiger partial charge in [0, 0.05) is 24.5 Å². The molecule has 1 heterocycles. The number of benzene rings is 1. The second-order valence-corrected chi connectivity index (χ2v) is 3.95. The molecule has 1 atom stereocenters. The van der Waals surface area contributed by atoms with Gasteiger partial charge in [-0.3, -0.25) is 0 Å². The van der Waals surface area contributed by atoms with Crippen molar-refractivity contribution in [2.24, 2.45) is 12.8 Å². The zero-order valence-corrected chi connectivity index (χ0v) is 9.45. The molecule has 0 spiro atoms. The third kappa shape index (κ3) is 1.94. The quantitative estimate of drug-likeness (QED) is 0.874. The van der Waals surface area contributed by atoms with Crippen molar-refractivity contribution in [1.82, 2.24) is 9.55 Å². The van der Waals surface area contributed by atoms with Crippen LogP contribution < -0.4 is 5.73 Å². The lowest BCUT2D eigenvalue weighted by atomic mass is 10.1. The van der Waals surface area contributed by atoms with E-state index >= 15 is 0 Å². The summed E-state index contributed by atoms with van der Waals surface area (Å²) in [6.07, 6.45) is 3.42. The van der Waals surface area contributed by atoms with E-state index < -0.39 is 6.04 Å². The second-order valence-electron chi connectivity index (χ2n) is 3.54. The Labute approximate surface area is 97.7 Å². The number of halogens is 2. The van der Waals surface area contributed by atoms with Gasteiger partial charge in [-0.25, -0.2) is 9.37 Å². The first kappa shape index (κ1) is 11.1. The molecule has 0 aliphatic heterocycles. The molecule has 0 amide bonds. The summed E-state index contributed by atoms with van der Waals surface area (Å²) >= 11 is 5.98. The van der Waals surface area contributed by atoms with Crippen LogP contribution in [0, 0.1) is 5.82 Å². The third-order valence-corrected chi connectivity index (χ3v) is 2.77. The summed E-state index contributed by atoms with van der Waals surface area (Å²) in [5.41, 5.74) is 6.53. The van der Waals surface area contributed by atoms with E-state index in [0.717, 1.165) is 0 Å². The van der Waals surface area contributed by atoms with Crippen molar-refractivity contribution in [2.75, 3.05) is 0 Å². The molecule has 0 fully saturated rings. The molecule has 2 rings (SSSR count). The molecule has 2 aromatic rings. The maximum absolute atomic E-state index is 13.1. The van der Waals surface area contributed by atoms with Crippen LogP contribution in [0.2, 0.25) is 5.02 Å². The normalized spacial score (nSPS) is 12.8. The lowest BCUT2D eigenvalue weighted by molar-refractivity contribution is 0.620. The molecule has 5 heteroatoms. The molecular weight excluding hydrogens is 229 g/mol. The van der Waals surface area contributed by atoms with E-state index in [4.69, 9.17) is 17.3 Å². The maximum Gasteiger partial charge on any atom is 0.130 e. The minimum absolute atomic E-state index is 0.357. The van der Waals surface area contributed by atoms with Gasteiger partial charge in [0.25, 0.3) is 0 Å². The predicted molar refractivity (Wildman–Crippen MR) is 60.6 cm³/mol. The summed E-state index contributed by atoms with van der Waals surface area (Å²) in [6, 6.07) is 3.61. The second kappa shape index (κ2) is 4.23. The van der Waals surface area contributed by atoms with Gasteiger partial charge in [0.15, 0.2) is 0 Å². The lowest BCUT2D eigenvalue weighted by Crippen LogP contribution is -2.17. The van der Waals surface area contributed by atoms with E-state index in [1.165, 1.54) is 18.2 Å². The van der Waals surface area contributed by atoms with Crippen LogP contribution in [0.4, 0.5) is 4.39 Å². The summed E-state index contributed by atoms with van der Waals surface area (Å²) in [5.74, 6) is 0.288. The largest absolute Gasteiger partial charge is 0.336 e. The fraction of sp³-hybridized carbons (Fsp3) is 0.182. The molecule has 1 aromatic carbocycles. The van der Waals surface area contributed by atoms with E-state index in [9.17, 15) is 4.39 Å². The van der Waals surface area contributed by atoms with Crippen LogP contribution in [-0.2, 0) is 7.05 Å². The standard InChI is InChI=1S/C11H11ClFN3/c1-16-5-4-15-11(16)10(14)8-6-7(13)2-3-9(8)12/h2-6,10H,14H2,1H3. The average Bonchev–Trinajstić information content (AvgIpc) is 2.67. The van der Waals surface area contributed by atoms with Crippen LogP contribution in [0.5, 0.6) is 0 Å². The first-order valence-electron chi connectivity index (χ1n) is 4.77. The van der Waals surface area contributed by atoms with E-state index in [2.05, 4.69) is 4.98 Å². The molecule has 0 saturated carbocycles. The molecule has 1 aromatic heterocycles. The lowest BCUT2D eigenvalue weighted by Gasteiger charge is -2.13. The average molecular weight is 240 g/mol. The van der Waals surface area contributed by atoms with Gasteiger partial charge < -0.3 is 10.3 Å². The highest BCUT2D eigenvalue weighted by molar-refractivity contribution is 6.31. The van der Waals surface area contributed by atoms with Gasteiger partial charge in [0.2, 0.25) is 0 Å². The minimum Gasteiger partial charge on any atom is -0.336 e. The highest BCUT2D eigenvalue weighted by atomic mass is 35.5. The molecule has 2 N–H and O–H groups in total. The molecule has 16 heavy (non-hydrogen) atoms. The van der Waals surface area contributed by atoms with Crippen molar-refractivity contribution in [1.29, 1.82) is 0 Å². The van der Waals surface area contributed by atoms with Crippen LogP contribution in [0.25, 0.3) is 0 Å². The van der Waals surface area contributed by atoms with Gasteiger partial charge >= 0.3 is 0 Å². The SMILES string of the molecule is Cn1ccnc1C(N)c1cc(F)ccc1Cl. The molecular formula is C11H11ClFN3. The van der Waals surface area contributed by atoms with Gasteiger partial charge in [-0.1, -0.05) is 11.6 Å². The van der Waals surface area contributed by atoms with Crippen LogP contribution >= 0.6 is 11.6 Å². The Bertz CT molecular complexity index is 510. The number of nitrogens with zero attached hydrogens (tertiary/aromatic N) is 2. The first-order valence-corrected chi connectivity index (χ1v) is 5.15. The zero-order chi connectivity index (χ0) is 11.7. The Kier molecular flexibility index (Phi) is 2.94. The highest BCUT2D eigenvalue weighted by Gasteiger charge is 2.16. The fourth-order valence-corrected chi connectivity index (χ4v) is 1.80. The van der Waals surface area contributed by atoms with Gasteiger partial charge in [0.05, 0.1) is 6.04 Å². The summed E-state index contributed by atoms with van der Waals surface area (Å²) < 4.78 is 14.9. The molecule has 84 valence electrons. The van der Waals surface area contributed by atoms with Gasteiger partial charge in [0.1, 0.15) is 11.6 Å². The summed E-state index contributed by atoms with van der Waals surface area (Å²) in [4.78, 5) is 4.12. The van der Waals surface area contributed by atoms with E-state index in [-0.39, 0.29) is 5.82 Å². The molecule has 0 aliphatic carbocycles.